The van der Waals surface area contributed by atoms with Gasteiger partial charge >= 0.3 is 0 Å². The summed E-state index contributed by atoms with van der Waals surface area (Å²) in [5.74, 6) is 3.12. The molecule has 0 spiro atoms. The van der Waals surface area contributed by atoms with Gasteiger partial charge in [0.15, 0.2) is 0 Å². The molecule has 4 heteroatoms. The minimum atomic E-state index is 0.804. The number of rotatable bonds is 7. The van der Waals surface area contributed by atoms with Crippen LogP contribution in [0.5, 0.6) is 0 Å². The fourth-order valence-corrected chi connectivity index (χ4v) is 1.73. The SMILES string of the molecule is CCc1ccc(CNCCCc2ncc[nH]2)o1. The van der Waals surface area contributed by atoms with Gasteiger partial charge in [-0.3, -0.25) is 0 Å². The Labute approximate surface area is 101 Å². The van der Waals surface area contributed by atoms with Gasteiger partial charge in [-0.1, -0.05) is 6.92 Å². The predicted molar refractivity (Wildman–Crippen MR) is 66.7 cm³/mol. The van der Waals surface area contributed by atoms with Crippen LogP contribution < -0.4 is 5.32 Å². The lowest BCUT2D eigenvalue weighted by Crippen LogP contribution is -2.15. The van der Waals surface area contributed by atoms with Crippen molar-refractivity contribution in [2.24, 2.45) is 0 Å². The number of aromatic nitrogens is 2. The normalized spacial score (nSPS) is 10.9. The quantitative estimate of drug-likeness (QED) is 0.721. The van der Waals surface area contributed by atoms with Crippen molar-refractivity contribution >= 4 is 0 Å². The lowest BCUT2D eigenvalue weighted by molar-refractivity contribution is 0.449. The second-order valence-electron chi connectivity index (χ2n) is 4.04. The summed E-state index contributed by atoms with van der Waals surface area (Å²) in [5, 5.41) is 3.37. The number of aromatic amines is 1. The summed E-state index contributed by atoms with van der Waals surface area (Å²) in [6, 6.07) is 4.08. The summed E-state index contributed by atoms with van der Waals surface area (Å²) in [6.07, 6.45) is 6.67. The standard InChI is InChI=1S/C13H19N3O/c1-2-11-5-6-12(17-11)10-14-7-3-4-13-15-8-9-16-13/h5-6,8-9,14H,2-4,7,10H2,1H3,(H,15,16). The molecular weight excluding hydrogens is 214 g/mol. The molecule has 17 heavy (non-hydrogen) atoms. The fourth-order valence-electron chi connectivity index (χ4n) is 1.73. The van der Waals surface area contributed by atoms with Crippen LogP contribution in [0.15, 0.2) is 28.9 Å². The molecule has 0 aliphatic carbocycles. The van der Waals surface area contributed by atoms with Crippen molar-refractivity contribution in [1.82, 2.24) is 15.3 Å². The summed E-state index contributed by atoms with van der Waals surface area (Å²) >= 11 is 0. The van der Waals surface area contributed by atoms with Crippen LogP contribution in [0.1, 0.15) is 30.7 Å². The summed E-state index contributed by atoms with van der Waals surface area (Å²) in [7, 11) is 0. The molecule has 2 heterocycles. The molecule has 4 nitrogen and oxygen atoms in total. The molecule has 92 valence electrons. The molecule has 2 rings (SSSR count). The monoisotopic (exact) mass is 233 g/mol. The molecule has 0 fully saturated rings. The maximum Gasteiger partial charge on any atom is 0.117 e. The Hall–Kier alpha value is -1.55. The lowest BCUT2D eigenvalue weighted by atomic mass is 10.3. The predicted octanol–water partition coefficient (Wildman–Crippen LogP) is 2.29. The molecule has 2 N–H and O–H groups in total. The number of hydrogen-bond acceptors (Lipinski definition) is 3. The van der Waals surface area contributed by atoms with Crippen LogP contribution in [-0.2, 0) is 19.4 Å². The first-order valence-corrected chi connectivity index (χ1v) is 6.15. The van der Waals surface area contributed by atoms with Crippen molar-refractivity contribution in [1.29, 1.82) is 0 Å². The van der Waals surface area contributed by atoms with E-state index in [1.807, 2.05) is 18.3 Å². The zero-order valence-corrected chi connectivity index (χ0v) is 10.2. The Balaban J connectivity index is 1.60. The Morgan fingerprint density at radius 1 is 1.35 bits per heavy atom. The van der Waals surface area contributed by atoms with Crippen LogP contribution in [0, 0.1) is 0 Å². The van der Waals surface area contributed by atoms with E-state index in [4.69, 9.17) is 4.42 Å². The minimum Gasteiger partial charge on any atom is -0.465 e. The molecule has 0 aliphatic heterocycles. The van der Waals surface area contributed by atoms with E-state index in [1.54, 1.807) is 6.20 Å². The molecule has 0 aliphatic rings. The minimum absolute atomic E-state index is 0.804. The van der Waals surface area contributed by atoms with Crippen LogP contribution >= 0.6 is 0 Å². The van der Waals surface area contributed by atoms with Gasteiger partial charge in [0.25, 0.3) is 0 Å². The van der Waals surface area contributed by atoms with E-state index in [0.717, 1.165) is 49.7 Å². The highest BCUT2D eigenvalue weighted by molar-refractivity contribution is 5.06. The van der Waals surface area contributed by atoms with Crippen LogP contribution in [-0.4, -0.2) is 16.5 Å². The maximum atomic E-state index is 5.60. The van der Waals surface area contributed by atoms with Crippen molar-refractivity contribution in [3.63, 3.8) is 0 Å². The average Bonchev–Trinajstić information content (AvgIpc) is 2.99. The van der Waals surface area contributed by atoms with Gasteiger partial charge in [-0.25, -0.2) is 4.98 Å². The van der Waals surface area contributed by atoms with Gasteiger partial charge in [-0.2, -0.15) is 0 Å². The topological polar surface area (TPSA) is 53.9 Å². The van der Waals surface area contributed by atoms with E-state index < -0.39 is 0 Å². The van der Waals surface area contributed by atoms with Crippen LogP contribution in [0.4, 0.5) is 0 Å². The average molecular weight is 233 g/mol. The second kappa shape index (κ2) is 6.25. The Morgan fingerprint density at radius 3 is 2.94 bits per heavy atom. The number of aryl methyl sites for hydroxylation is 2. The molecular formula is C13H19N3O. The van der Waals surface area contributed by atoms with Gasteiger partial charge in [0.1, 0.15) is 17.3 Å². The van der Waals surface area contributed by atoms with Crippen molar-refractivity contribution in [3.05, 3.63) is 41.9 Å². The van der Waals surface area contributed by atoms with Gasteiger partial charge in [-0.05, 0) is 25.1 Å². The van der Waals surface area contributed by atoms with Crippen molar-refractivity contribution < 1.29 is 4.42 Å². The number of nitrogens with zero attached hydrogens (tertiary/aromatic N) is 1. The molecule has 0 amide bonds. The Morgan fingerprint density at radius 2 is 2.24 bits per heavy atom. The fraction of sp³-hybridized carbons (Fsp3) is 0.462. The lowest BCUT2D eigenvalue weighted by Gasteiger charge is -2.01. The first kappa shape index (κ1) is 11.9. The van der Waals surface area contributed by atoms with Crippen LogP contribution in [0.3, 0.4) is 0 Å². The van der Waals surface area contributed by atoms with E-state index in [0.29, 0.717) is 0 Å². The first-order valence-electron chi connectivity index (χ1n) is 6.15. The molecule has 2 aromatic rings. The van der Waals surface area contributed by atoms with E-state index >= 15 is 0 Å². The third-order valence-electron chi connectivity index (χ3n) is 2.69. The molecule has 0 radical (unpaired) electrons. The molecule has 0 atom stereocenters. The Bertz CT molecular complexity index is 420. The molecule has 0 saturated heterocycles. The number of hydrogen-bond donors (Lipinski definition) is 2. The second-order valence-corrected chi connectivity index (χ2v) is 4.04. The summed E-state index contributed by atoms with van der Waals surface area (Å²) < 4.78 is 5.60. The largest absolute Gasteiger partial charge is 0.465 e. The van der Waals surface area contributed by atoms with Crippen molar-refractivity contribution in [2.75, 3.05) is 6.54 Å². The first-order chi connectivity index (χ1) is 8.38. The number of imidazole rings is 1. The van der Waals surface area contributed by atoms with Crippen molar-refractivity contribution in [2.45, 2.75) is 32.7 Å². The molecule has 0 unspecified atom stereocenters. The van der Waals surface area contributed by atoms with Crippen molar-refractivity contribution in [3.8, 4) is 0 Å². The van der Waals surface area contributed by atoms with Gasteiger partial charge < -0.3 is 14.7 Å². The van der Waals surface area contributed by atoms with Gasteiger partial charge in [0, 0.05) is 25.2 Å². The van der Waals surface area contributed by atoms with Crippen LogP contribution in [0.2, 0.25) is 0 Å². The van der Waals surface area contributed by atoms with Gasteiger partial charge in [0.05, 0.1) is 6.54 Å². The highest BCUT2D eigenvalue weighted by atomic mass is 16.3. The van der Waals surface area contributed by atoms with Gasteiger partial charge in [-0.15, -0.1) is 0 Å². The molecule has 0 bridgehead atoms. The van der Waals surface area contributed by atoms with Crippen LogP contribution in [0.25, 0.3) is 0 Å². The van der Waals surface area contributed by atoms with Gasteiger partial charge in [0.2, 0.25) is 0 Å². The maximum absolute atomic E-state index is 5.60. The van der Waals surface area contributed by atoms with E-state index in [1.165, 1.54) is 0 Å². The zero-order valence-electron chi connectivity index (χ0n) is 10.2. The molecule has 0 saturated carbocycles. The summed E-state index contributed by atoms with van der Waals surface area (Å²) in [4.78, 5) is 7.28. The highest BCUT2D eigenvalue weighted by Gasteiger charge is 1.99. The molecule has 2 aromatic heterocycles. The molecule has 0 aromatic carbocycles. The Kier molecular flexibility index (Phi) is 4.38. The van der Waals surface area contributed by atoms with E-state index in [9.17, 15) is 0 Å². The number of furan rings is 1. The smallest absolute Gasteiger partial charge is 0.117 e. The zero-order chi connectivity index (χ0) is 11.9. The highest BCUT2D eigenvalue weighted by Crippen LogP contribution is 2.07. The van der Waals surface area contributed by atoms with E-state index in [2.05, 4.69) is 22.2 Å². The third kappa shape index (κ3) is 3.75. The third-order valence-corrected chi connectivity index (χ3v) is 2.69. The number of nitrogens with one attached hydrogen (secondary N) is 2. The summed E-state index contributed by atoms with van der Waals surface area (Å²) in [5.41, 5.74) is 0. The van der Waals surface area contributed by atoms with E-state index in [-0.39, 0.29) is 0 Å². The number of H-pyrrole nitrogens is 1. The summed E-state index contributed by atoms with van der Waals surface area (Å²) in [6.45, 7) is 3.88.